The zero-order chi connectivity index (χ0) is 14.1. The first kappa shape index (κ1) is 13.6. The lowest BCUT2D eigenvalue weighted by molar-refractivity contribution is -0.120. The van der Waals surface area contributed by atoms with E-state index in [0.717, 1.165) is 25.1 Å². The van der Waals surface area contributed by atoms with E-state index in [1.165, 1.54) is 5.56 Å². The first-order valence-corrected chi connectivity index (χ1v) is 7.43. The summed E-state index contributed by atoms with van der Waals surface area (Å²) >= 11 is 0. The van der Waals surface area contributed by atoms with Crippen molar-refractivity contribution in [2.24, 2.45) is 0 Å². The Labute approximate surface area is 120 Å². The molecule has 2 heterocycles. The molecule has 108 valence electrons. The van der Waals surface area contributed by atoms with Crippen LogP contribution >= 0.6 is 0 Å². The molecule has 0 bridgehead atoms. The quantitative estimate of drug-likeness (QED) is 0.897. The minimum absolute atomic E-state index is 0.137. The topological polar surface area (TPSA) is 41.6 Å². The number of nitrogens with zero attached hydrogens (tertiary/aromatic N) is 1. The molecular formula is C16H22N2O2. The molecule has 1 N–H and O–H groups in total. The second kappa shape index (κ2) is 5.54. The molecule has 1 aromatic rings. The van der Waals surface area contributed by atoms with Gasteiger partial charge in [-0.2, -0.15) is 0 Å². The highest BCUT2D eigenvalue weighted by Crippen LogP contribution is 2.27. The highest BCUT2D eigenvalue weighted by molar-refractivity contribution is 5.98. The number of nitrogens with one attached hydrogen (secondary N) is 1. The van der Waals surface area contributed by atoms with E-state index in [0.29, 0.717) is 12.6 Å². The summed E-state index contributed by atoms with van der Waals surface area (Å²) in [5.74, 6) is 0.137. The van der Waals surface area contributed by atoms with Gasteiger partial charge in [0.15, 0.2) is 0 Å². The average Bonchev–Trinajstić information content (AvgIpc) is 2.82. The number of para-hydroxylation sites is 1. The van der Waals surface area contributed by atoms with Crippen LogP contribution in [0.1, 0.15) is 32.3 Å². The van der Waals surface area contributed by atoms with Crippen LogP contribution in [0, 0.1) is 0 Å². The molecule has 2 aliphatic heterocycles. The molecule has 0 aromatic heterocycles. The Balaban J connectivity index is 1.87. The normalized spacial score (nSPS) is 30.2. The molecule has 3 unspecified atom stereocenters. The maximum atomic E-state index is 12.6. The van der Waals surface area contributed by atoms with Crippen LogP contribution in [0.4, 0.5) is 5.69 Å². The highest BCUT2D eigenvalue weighted by atomic mass is 16.5. The lowest BCUT2D eigenvalue weighted by atomic mass is 10.1. The first-order chi connectivity index (χ1) is 9.65. The molecule has 2 aliphatic rings. The van der Waals surface area contributed by atoms with Crippen molar-refractivity contribution in [2.75, 3.05) is 11.4 Å². The minimum atomic E-state index is -0.152. The molecule has 20 heavy (non-hydrogen) atoms. The molecule has 1 fully saturated rings. The fourth-order valence-corrected chi connectivity index (χ4v) is 3.04. The van der Waals surface area contributed by atoms with Crippen LogP contribution in [-0.4, -0.2) is 30.7 Å². The van der Waals surface area contributed by atoms with Gasteiger partial charge in [0.2, 0.25) is 5.91 Å². The van der Waals surface area contributed by atoms with Crippen LogP contribution in [0.25, 0.3) is 0 Å². The SMILES string of the molecule is CC1CCC(CN2C(=O)C(C)NCc3ccccc32)O1. The third-order valence-corrected chi connectivity index (χ3v) is 4.22. The number of carbonyl (C=O) groups is 1. The number of fused-ring (bicyclic) bond motifs is 1. The fraction of sp³-hybridized carbons (Fsp3) is 0.562. The van der Waals surface area contributed by atoms with Crippen molar-refractivity contribution >= 4 is 11.6 Å². The molecule has 1 saturated heterocycles. The zero-order valence-electron chi connectivity index (χ0n) is 12.1. The third kappa shape index (κ3) is 2.58. The molecular weight excluding hydrogens is 252 g/mol. The molecule has 3 rings (SSSR count). The Bertz CT molecular complexity index is 503. The van der Waals surface area contributed by atoms with Crippen LogP contribution in [0.5, 0.6) is 0 Å². The van der Waals surface area contributed by atoms with Crippen molar-refractivity contribution in [2.45, 2.75) is 51.5 Å². The Hall–Kier alpha value is -1.39. The van der Waals surface area contributed by atoms with E-state index in [1.54, 1.807) is 0 Å². The smallest absolute Gasteiger partial charge is 0.243 e. The molecule has 0 saturated carbocycles. The van der Waals surface area contributed by atoms with Gasteiger partial charge in [0.25, 0.3) is 0 Å². The van der Waals surface area contributed by atoms with Gasteiger partial charge < -0.3 is 15.0 Å². The fourth-order valence-electron chi connectivity index (χ4n) is 3.04. The van der Waals surface area contributed by atoms with Crippen molar-refractivity contribution in [3.8, 4) is 0 Å². The summed E-state index contributed by atoms with van der Waals surface area (Å²) in [5.41, 5.74) is 2.20. The summed E-state index contributed by atoms with van der Waals surface area (Å²) in [7, 11) is 0. The molecule has 4 nitrogen and oxygen atoms in total. The Morgan fingerprint density at radius 2 is 2.10 bits per heavy atom. The van der Waals surface area contributed by atoms with Gasteiger partial charge in [-0.1, -0.05) is 18.2 Å². The van der Waals surface area contributed by atoms with Gasteiger partial charge in [-0.3, -0.25) is 4.79 Å². The summed E-state index contributed by atoms with van der Waals surface area (Å²) in [6.07, 6.45) is 2.59. The number of rotatable bonds is 2. The van der Waals surface area contributed by atoms with Crippen LogP contribution < -0.4 is 10.2 Å². The predicted octanol–water partition coefficient (Wildman–Crippen LogP) is 2.08. The van der Waals surface area contributed by atoms with Gasteiger partial charge in [-0.05, 0) is 38.3 Å². The summed E-state index contributed by atoms with van der Waals surface area (Å²) in [5, 5.41) is 3.28. The maximum absolute atomic E-state index is 12.6. The van der Waals surface area contributed by atoms with E-state index in [2.05, 4.69) is 18.3 Å². The molecule has 0 radical (unpaired) electrons. The number of benzene rings is 1. The van der Waals surface area contributed by atoms with E-state index in [-0.39, 0.29) is 18.1 Å². The monoisotopic (exact) mass is 274 g/mol. The summed E-state index contributed by atoms with van der Waals surface area (Å²) in [6.45, 7) is 5.43. The Morgan fingerprint density at radius 3 is 2.85 bits per heavy atom. The zero-order valence-corrected chi connectivity index (χ0v) is 12.1. The van der Waals surface area contributed by atoms with Crippen molar-refractivity contribution in [3.05, 3.63) is 29.8 Å². The predicted molar refractivity (Wildman–Crippen MR) is 78.7 cm³/mol. The van der Waals surface area contributed by atoms with Crippen molar-refractivity contribution in [1.29, 1.82) is 0 Å². The molecule has 3 atom stereocenters. The number of hydrogen-bond donors (Lipinski definition) is 1. The van der Waals surface area contributed by atoms with Gasteiger partial charge in [0.05, 0.1) is 24.8 Å². The van der Waals surface area contributed by atoms with Gasteiger partial charge in [0.1, 0.15) is 0 Å². The number of ether oxygens (including phenoxy) is 1. The summed E-state index contributed by atoms with van der Waals surface area (Å²) in [4.78, 5) is 14.5. The highest BCUT2D eigenvalue weighted by Gasteiger charge is 2.31. The van der Waals surface area contributed by atoms with Crippen LogP contribution in [0.3, 0.4) is 0 Å². The van der Waals surface area contributed by atoms with E-state index >= 15 is 0 Å². The van der Waals surface area contributed by atoms with E-state index in [9.17, 15) is 4.79 Å². The largest absolute Gasteiger partial charge is 0.373 e. The summed E-state index contributed by atoms with van der Waals surface area (Å²) < 4.78 is 5.89. The Morgan fingerprint density at radius 1 is 1.30 bits per heavy atom. The minimum Gasteiger partial charge on any atom is -0.373 e. The number of anilines is 1. The van der Waals surface area contributed by atoms with Crippen LogP contribution in [0.2, 0.25) is 0 Å². The molecule has 1 aromatic carbocycles. The maximum Gasteiger partial charge on any atom is 0.243 e. The first-order valence-electron chi connectivity index (χ1n) is 7.43. The third-order valence-electron chi connectivity index (χ3n) is 4.22. The van der Waals surface area contributed by atoms with Crippen molar-refractivity contribution in [1.82, 2.24) is 5.32 Å². The lowest BCUT2D eigenvalue weighted by Gasteiger charge is -2.27. The average molecular weight is 274 g/mol. The second-order valence-corrected chi connectivity index (χ2v) is 5.83. The van der Waals surface area contributed by atoms with E-state index < -0.39 is 0 Å². The Kier molecular flexibility index (Phi) is 3.76. The van der Waals surface area contributed by atoms with Gasteiger partial charge in [-0.25, -0.2) is 0 Å². The number of amides is 1. The summed E-state index contributed by atoms with van der Waals surface area (Å²) in [6, 6.07) is 7.98. The van der Waals surface area contributed by atoms with Gasteiger partial charge >= 0.3 is 0 Å². The molecule has 4 heteroatoms. The lowest BCUT2D eigenvalue weighted by Crippen LogP contribution is -2.45. The number of carbonyl (C=O) groups excluding carboxylic acids is 1. The molecule has 1 amide bonds. The van der Waals surface area contributed by atoms with Gasteiger partial charge in [0, 0.05) is 12.2 Å². The van der Waals surface area contributed by atoms with Crippen LogP contribution in [-0.2, 0) is 16.1 Å². The standard InChI is InChI=1S/C16H22N2O2/c1-11-7-8-14(20-11)10-18-15-6-4-3-5-13(15)9-17-12(2)16(18)19/h3-6,11-12,14,17H,7-10H2,1-2H3. The molecule has 0 spiro atoms. The van der Waals surface area contributed by atoms with Crippen molar-refractivity contribution in [3.63, 3.8) is 0 Å². The van der Waals surface area contributed by atoms with E-state index in [1.807, 2.05) is 30.0 Å². The van der Waals surface area contributed by atoms with Crippen molar-refractivity contribution < 1.29 is 9.53 Å². The molecule has 0 aliphatic carbocycles. The van der Waals surface area contributed by atoms with Gasteiger partial charge in [-0.15, -0.1) is 0 Å². The van der Waals surface area contributed by atoms with Crippen LogP contribution in [0.15, 0.2) is 24.3 Å². The van der Waals surface area contributed by atoms with E-state index in [4.69, 9.17) is 4.74 Å². The second-order valence-electron chi connectivity index (χ2n) is 5.83. The number of hydrogen-bond acceptors (Lipinski definition) is 3.